The Hall–Kier alpha value is -1.99. The number of hydrogen-bond donors (Lipinski definition) is 2. The Kier molecular flexibility index (Phi) is 2.91. The third kappa shape index (κ3) is 2.31. The van der Waals surface area contributed by atoms with Gasteiger partial charge < -0.3 is 5.32 Å². The zero-order valence-electron chi connectivity index (χ0n) is 8.96. The summed E-state index contributed by atoms with van der Waals surface area (Å²) in [7, 11) is 0. The van der Waals surface area contributed by atoms with Crippen molar-refractivity contribution < 1.29 is 0 Å². The molecule has 2 N–H and O–H groups in total. The van der Waals surface area contributed by atoms with Gasteiger partial charge in [0.05, 0.1) is 11.8 Å². The minimum Gasteiger partial charge on any atom is -0.315 e. The second-order valence-corrected chi connectivity index (χ2v) is 4.52. The first-order valence-corrected chi connectivity index (χ1v) is 6.19. The fourth-order valence-corrected chi connectivity index (χ4v) is 2.11. The summed E-state index contributed by atoms with van der Waals surface area (Å²) >= 11 is 7.05. The number of pyridine rings is 1. The van der Waals surface area contributed by atoms with Crippen LogP contribution in [0.3, 0.4) is 0 Å². The summed E-state index contributed by atoms with van der Waals surface area (Å²) < 4.78 is 4.22. The first-order chi connectivity index (χ1) is 8.81. The van der Waals surface area contributed by atoms with Gasteiger partial charge in [0.25, 0.3) is 0 Å². The Balaban J connectivity index is 1.82. The third-order valence-electron chi connectivity index (χ3n) is 2.13. The van der Waals surface area contributed by atoms with Crippen LogP contribution in [0.25, 0.3) is 11.4 Å². The lowest BCUT2D eigenvalue weighted by Gasteiger charge is -1.99. The van der Waals surface area contributed by atoms with Crippen LogP contribution in [0.4, 0.5) is 10.9 Å². The van der Waals surface area contributed by atoms with Gasteiger partial charge in [-0.1, -0.05) is 17.7 Å². The van der Waals surface area contributed by atoms with Crippen LogP contribution in [-0.4, -0.2) is 24.5 Å². The second kappa shape index (κ2) is 4.71. The zero-order valence-corrected chi connectivity index (χ0v) is 10.5. The highest BCUT2D eigenvalue weighted by Gasteiger charge is 2.07. The number of halogens is 1. The van der Waals surface area contributed by atoms with E-state index in [-0.39, 0.29) is 0 Å². The molecule has 0 aliphatic carbocycles. The lowest BCUT2D eigenvalue weighted by atomic mass is 10.3. The highest BCUT2D eigenvalue weighted by molar-refractivity contribution is 7.09. The van der Waals surface area contributed by atoms with Crippen LogP contribution in [0.5, 0.6) is 0 Å². The van der Waals surface area contributed by atoms with E-state index in [1.54, 1.807) is 18.5 Å². The summed E-state index contributed by atoms with van der Waals surface area (Å²) in [6.07, 6.45) is 3.41. The molecule has 0 aliphatic heterocycles. The van der Waals surface area contributed by atoms with Gasteiger partial charge in [0.2, 0.25) is 5.13 Å². The molecule has 3 aromatic rings. The number of anilines is 2. The van der Waals surface area contributed by atoms with E-state index in [0.29, 0.717) is 21.9 Å². The van der Waals surface area contributed by atoms with Crippen LogP contribution < -0.4 is 5.32 Å². The Bertz CT molecular complexity index is 650. The van der Waals surface area contributed by atoms with Gasteiger partial charge in [0, 0.05) is 17.7 Å². The molecule has 0 spiro atoms. The van der Waals surface area contributed by atoms with E-state index in [0.717, 1.165) is 5.56 Å². The van der Waals surface area contributed by atoms with Crippen molar-refractivity contribution in [3.05, 3.63) is 35.7 Å². The number of rotatable bonds is 3. The van der Waals surface area contributed by atoms with E-state index >= 15 is 0 Å². The molecule has 0 bridgehead atoms. The Morgan fingerprint density at radius 1 is 1.28 bits per heavy atom. The molecule has 6 nitrogen and oxygen atoms in total. The predicted molar refractivity (Wildman–Crippen MR) is 70.0 cm³/mol. The fraction of sp³-hybridized carbons (Fsp3) is 0. The van der Waals surface area contributed by atoms with Gasteiger partial charge in [-0.15, -0.1) is 0 Å². The average molecular weight is 279 g/mol. The minimum atomic E-state index is 0.430. The first-order valence-electron chi connectivity index (χ1n) is 5.04. The van der Waals surface area contributed by atoms with Gasteiger partial charge in [0.1, 0.15) is 11.0 Å². The summed E-state index contributed by atoms with van der Waals surface area (Å²) in [5.41, 5.74) is 0.846. The van der Waals surface area contributed by atoms with Crippen molar-refractivity contribution in [2.45, 2.75) is 0 Å². The molecule has 0 saturated carbocycles. The summed E-state index contributed by atoms with van der Waals surface area (Å²) in [5.74, 6) is 1.26. The van der Waals surface area contributed by atoms with E-state index < -0.39 is 0 Å². The van der Waals surface area contributed by atoms with Crippen molar-refractivity contribution >= 4 is 34.1 Å². The van der Waals surface area contributed by atoms with E-state index in [4.69, 9.17) is 11.6 Å². The van der Waals surface area contributed by atoms with Crippen molar-refractivity contribution in [1.29, 1.82) is 0 Å². The molecule has 3 heterocycles. The largest absolute Gasteiger partial charge is 0.315 e. The molecular weight excluding hydrogens is 272 g/mol. The van der Waals surface area contributed by atoms with Crippen molar-refractivity contribution in [3.63, 3.8) is 0 Å². The Labute approximate surface area is 111 Å². The van der Waals surface area contributed by atoms with Crippen molar-refractivity contribution in [2.24, 2.45) is 0 Å². The van der Waals surface area contributed by atoms with Crippen LogP contribution >= 0.6 is 23.1 Å². The van der Waals surface area contributed by atoms with Crippen LogP contribution in [-0.2, 0) is 0 Å². The first kappa shape index (κ1) is 11.1. The molecule has 8 heteroatoms. The minimum absolute atomic E-state index is 0.430. The van der Waals surface area contributed by atoms with E-state index in [1.807, 2.05) is 12.1 Å². The summed E-state index contributed by atoms with van der Waals surface area (Å²) in [5, 5.41) is 10.7. The van der Waals surface area contributed by atoms with Crippen molar-refractivity contribution in [3.8, 4) is 11.4 Å². The monoisotopic (exact) mass is 278 g/mol. The van der Waals surface area contributed by atoms with Gasteiger partial charge in [-0.2, -0.15) is 14.5 Å². The maximum atomic E-state index is 5.80. The topological polar surface area (TPSA) is 79.4 Å². The smallest absolute Gasteiger partial charge is 0.208 e. The molecule has 0 radical (unpaired) electrons. The number of hydrogen-bond acceptors (Lipinski definition) is 6. The van der Waals surface area contributed by atoms with Gasteiger partial charge in [0.15, 0.2) is 5.82 Å². The number of H-pyrrole nitrogens is 1. The standard InChI is InChI=1S/C10H7ClN6S/c11-7-2-1-3-8(14-7)15-10-16-9(17-18-10)6-4-12-13-5-6/h1-5H,(H,12,13)(H,14,15,16,17). The molecule has 3 rings (SSSR count). The molecule has 18 heavy (non-hydrogen) atoms. The van der Waals surface area contributed by atoms with Crippen LogP contribution in [0.15, 0.2) is 30.6 Å². The summed E-state index contributed by atoms with van der Waals surface area (Å²) in [6.45, 7) is 0. The Morgan fingerprint density at radius 3 is 3.00 bits per heavy atom. The molecule has 0 amide bonds. The predicted octanol–water partition coefficient (Wildman–Crippen LogP) is 2.72. The lowest BCUT2D eigenvalue weighted by Crippen LogP contribution is -1.92. The maximum absolute atomic E-state index is 5.80. The van der Waals surface area contributed by atoms with Crippen LogP contribution in [0, 0.1) is 0 Å². The van der Waals surface area contributed by atoms with Crippen molar-refractivity contribution in [1.82, 2.24) is 24.5 Å². The SMILES string of the molecule is Clc1cccc(Nc2nc(-c3cn[nH]c3)ns2)n1. The van der Waals surface area contributed by atoms with E-state index in [2.05, 4.69) is 29.9 Å². The maximum Gasteiger partial charge on any atom is 0.208 e. The molecule has 90 valence electrons. The average Bonchev–Trinajstić information content (AvgIpc) is 2.98. The van der Waals surface area contributed by atoms with Gasteiger partial charge in [-0.05, 0) is 12.1 Å². The molecule has 0 aliphatic rings. The highest BCUT2D eigenvalue weighted by atomic mass is 35.5. The normalized spacial score (nSPS) is 10.5. The molecular formula is C10H7ClN6S. The molecule has 0 unspecified atom stereocenters. The Morgan fingerprint density at radius 2 is 2.22 bits per heavy atom. The molecule has 0 fully saturated rings. The molecule has 0 saturated heterocycles. The number of nitrogens with one attached hydrogen (secondary N) is 2. The van der Waals surface area contributed by atoms with E-state index in [1.165, 1.54) is 11.5 Å². The van der Waals surface area contributed by atoms with Crippen LogP contribution in [0.2, 0.25) is 5.15 Å². The summed E-state index contributed by atoms with van der Waals surface area (Å²) in [4.78, 5) is 8.45. The quantitative estimate of drug-likeness (QED) is 0.720. The summed E-state index contributed by atoms with van der Waals surface area (Å²) in [6, 6.07) is 5.34. The fourth-order valence-electron chi connectivity index (χ4n) is 1.35. The zero-order chi connectivity index (χ0) is 12.4. The number of aromatic amines is 1. The lowest BCUT2D eigenvalue weighted by molar-refractivity contribution is 1.09. The third-order valence-corrected chi connectivity index (χ3v) is 2.97. The van der Waals surface area contributed by atoms with Gasteiger partial charge in [-0.25, -0.2) is 4.98 Å². The van der Waals surface area contributed by atoms with Gasteiger partial charge in [-0.3, -0.25) is 5.10 Å². The second-order valence-electron chi connectivity index (χ2n) is 3.38. The van der Waals surface area contributed by atoms with E-state index in [9.17, 15) is 0 Å². The van der Waals surface area contributed by atoms with Crippen LogP contribution in [0.1, 0.15) is 0 Å². The molecule has 0 aromatic carbocycles. The van der Waals surface area contributed by atoms with Crippen molar-refractivity contribution in [2.75, 3.05) is 5.32 Å². The van der Waals surface area contributed by atoms with Gasteiger partial charge >= 0.3 is 0 Å². The number of nitrogens with zero attached hydrogens (tertiary/aromatic N) is 4. The number of aromatic nitrogens is 5. The molecule has 3 aromatic heterocycles. The highest BCUT2D eigenvalue weighted by Crippen LogP contribution is 2.22. The molecule has 0 atom stereocenters.